The van der Waals surface area contributed by atoms with Crippen molar-refractivity contribution in [1.29, 1.82) is 0 Å². The molecule has 0 aromatic heterocycles. The van der Waals surface area contributed by atoms with Crippen LogP contribution >= 0.6 is 11.6 Å². The van der Waals surface area contributed by atoms with Gasteiger partial charge in [0.15, 0.2) is 11.9 Å². The van der Waals surface area contributed by atoms with Gasteiger partial charge >= 0.3 is 5.97 Å². The first kappa shape index (κ1) is 10.2. The lowest BCUT2D eigenvalue weighted by molar-refractivity contribution is -0.154. The van der Waals surface area contributed by atoms with Gasteiger partial charge in [-0.2, -0.15) is 0 Å². The topological polar surface area (TPSA) is 43.4 Å². The van der Waals surface area contributed by atoms with Gasteiger partial charge in [-0.25, -0.2) is 0 Å². The van der Waals surface area contributed by atoms with Crippen LogP contribution in [0.3, 0.4) is 0 Å². The molecule has 0 bridgehead atoms. The fraction of sp³-hybridized carbons (Fsp3) is 0.429. The molecule has 0 N–H and O–H groups in total. The van der Waals surface area contributed by atoms with Crippen molar-refractivity contribution >= 4 is 23.9 Å². The molecule has 0 spiro atoms. The Morgan fingerprint density at radius 1 is 1.64 bits per heavy atom. The molecule has 0 aliphatic carbocycles. The van der Waals surface area contributed by atoms with E-state index >= 15 is 0 Å². The second-order valence-electron chi connectivity index (χ2n) is 2.19. The number of ether oxygens (including phenoxy) is 1. The maximum atomic E-state index is 10.4. The van der Waals surface area contributed by atoms with Crippen LogP contribution in [0.25, 0.3) is 0 Å². The number of carbonyl (C=O) groups is 2. The Labute approximate surface area is 70.0 Å². The molecule has 0 aliphatic heterocycles. The summed E-state index contributed by atoms with van der Waals surface area (Å²) >= 11 is 5.22. The molecular formula is C7H9ClO3. The molecule has 62 valence electrons. The van der Waals surface area contributed by atoms with Gasteiger partial charge in [-0.3, -0.25) is 9.59 Å². The van der Waals surface area contributed by atoms with Crippen LogP contribution in [-0.2, 0) is 14.3 Å². The van der Waals surface area contributed by atoms with Gasteiger partial charge in [0.05, 0.1) is 0 Å². The Kier molecular flexibility index (Phi) is 3.82. The van der Waals surface area contributed by atoms with Crippen LogP contribution in [0.5, 0.6) is 0 Å². The van der Waals surface area contributed by atoms with E-state index < -0.39 is 11.6 Å². The molecule has 0 heterocycles. The van der Waals surface area contributed by atoms with Crippen LogP contribution < -0.4 is 0 Å². The molecule has 0 rings (SSSR count). The molecule has 0 aromatic rings. The largest absolute Gasteiger partial charge is 0.447 e. The molecule has 11 heavy (non-hydrogen) atoms. The quantitative estimate of drug-likeness (QED) is 0.480. The van der Waals surface area contributed by atoms with Crippen molar-refractivity contribution in [3.63, 3.8) is 0 Å². The average Bonchev–Trinajstić information content (AvgIpc) is 1.87. The lowest BCUT2D eigenvalue weighted by atomic mass is 10.1. The van der Waals surface area contributed by atoms with E-state index in [0.717, 1.165) is 5.54 Å². The monoisotopic (exact) mass is 176 g/mol. The molecule has 1 atom stereocenters. The maximum absolute atomic E-state index is 10.4. The zero-order chi connectivity index (χ0) is 8.91. The number of aldehydes is 1. The van der Waals surface area contributed by atoms with E-state index in [9.17, 15) is 9.59 Å². The third-order valence-electron chi connectivity index (χ3n) is 0.992. The number of esters is 1. The first-order chi connectivity index (χ1) is 5.04. The van der Waals surface area contributed by atoms with E-state index in [1.165, 1.54) is 19.9 Å². The van der Waals surface area contributed by atoms with Crippen molar-refractivity contribution in [2.45, 2.75) is 19.4 Å². The molecule has 0 saturated carbocycles. The minimum atomic E-state index is -1.23. The second kappa shape index (κ2) is 4.13. The van der Waals surface area contributed by atoms with Gasteiger partial charge in [0.25, 0.3) is 0 Å². The summed E-state index contributed by atoms with van der Waals surface area (Å²) in [4.78, 5) is 20.8. The molecule has 0 saturated heterocycles. The highest BCUT2D eigenvalue weighted by Crippen LogP contribution is 2.09. The predicted molar refractivity (Wildman–Crippen MR) is 41.2 cm³/mol. The highest BCUT2D eigenvalue weighted by molar-refractivity contribution is 6.25. The number of halogens is 1. The van der Waals surface area contributed by atoms with Gasteiger partial charge in [-0.1, -0.05) is 11.6 Å². The fourth-order valence-corrected chi connectivity index (χ4v) is 0.782. The zero-order valence-corrected chi connectivity index (χ0v) is 7.09. The third-order valence-corrected chi connectivity index (χ3v) is 1.12. The first-order valence-corrected chi connectivity index (χ1v) is 3.41. The molecule has 1 unspecified atom stereocenters. The van der Waals surface area contributed by atoms with Crippen molar-refractivity contribution in [1.82, 2.24) is 0 Å². The van der Waals surface area contributed by atoms with E-state index in [0.29, 0.717) is 6.29 Å². The summed E-state index contributed by atoms with van der Waals surface area (Å²) in [6.45, 7) is 2.67. The number of carbonyl (C=O) groups excluding carboxylic acids is 2. The van der Waals surface area contributed by atoms with Crippen LogP contribution in [0.15, 0.2) is 11.6 Å². The lowest BCUT2D eigenvalue weighted by Gasteiger charge is -2.17. The highest BCUT2D eigenvalue weighted by Gasteiger charge is 2.22. The molecule has 0 aromatic carbocycles. The Balaban J connectivity index is 4.33. The van der Waals surface area contributed by atoms with Gasteiger partial charge in [-0.05, 0) is 13.0 Å². The first-order valence-electron chi connectivity index (χ1n) is 2.98. The summed E-state index contributed by atoms with van der Waals surface area (Å²) in [5.41, 5.74) is -0.0923. The van der Waals surface area contributed by atoms with Gasteiger partial charge in [0, 0.05) is 12.5 Å². The molecule has 4 heteroatoms. The average molecular weight is 177 g/mol. The van der Waals surface area contributed by atoms with Gasteiger partial charge in [0.1, 0.15) is 0 Å². The summed E-state index contributed by atoms with van der Waals surface area (Å²) in [5.74, 6) is -0.519. The van der Waals surface area contributed by atoms with Gasteiger partial charge in [-0.15, -0.1) is 0 Å². The maximum Gasteiger partial charge on any atom is 0.303 e. The SMILES string of the molecule is CC(=O)OC(C)(C=O)C=CCl. The van der Waals surface area contributed by atoms with E-state index in [-0.39, 0.29) is 0 Å². The molecular weight excluding hydrogens is 168 g/mol. The number of rotatable bonds is 3. The smallest absolute Gasteiger partial charge is 0.303 e. The molecule has 0 amide bonds. The number of hydrogen-bond donors (Lipinski definition) is 0. The summed E-state index contributed by atoms with van der Waals surface area (Å²) in [6, 6.07) is 0. The summed E-state index contributed by atoms with van der Waals surface area (Å²) in [6.07, 6.45) is 1.80. The van der Waals surface area contributed by atoms with E-state index in [1.807, 2.05) is 0 Å². The van der Waals surface area contributed by atoms with E-state index in [2.05, 4.69) is 4.74 Å². The summed E-state index contributed by atoms with van der Waals surface area (Å²) < 4.78 is 4.65. The van der Waals surface area contributed by atoms with Crippen LogP contribution in [0.4, 0.5) is 0 Å². The van der Waals surface area contributed by atoms with E-state index in [1.54, 1.807) is 0 Å². The number of hydrogen-bond acceptors (Lipinski definition) is 3. The van der Waals surface area contributed by atoms with Crippen LogP contribution in [0, 0.1) is 0 Å². The molecule has 0 radical (unpaired) electrons. The standard InChI is InChI=1S/C7H9ClO3/c1-6(10)11-7(2,5-9)3-4-8/h3-5H,1-2H3. The van der Waals surface area contributed by atoms with Crippen molar-refractivity contribution < 1.29 is 14.3 Å². The van der Waals surface area contributed by atoms with Crippen molar-refractivity contribution in [2.75, 3.05) is 0 Å². The minimum Gasteiger partial charge on any atom is -0.447 e. The molecule has 0 fully saturated rings. The Hall–Kier alpha value is -0.830. The highest BCUT2D eigenvalue weighted by atomic mass is 35.5. The van der Waals surface area contributed by atoms with Gasteiger partial charge in [0.2, 0.25) is 0 Å². The summed E-state index contributed by atoms with van der Waals surface area (Å²) in [7, 11) is 0. The Morgan fingerprint density at radius 3 is 2.45 bits per heavy atom. The molecule has 0 aliphatic rings. The fourth-order valence-electron chi connectivity index (χ4n) is 0.532. The van der Waals surface area contributed by atoms with Crippen molar-refractivity contribution in [3.05, 3.63) is 11.6 Å². The predicted octanol–water partition coefficient (Wildman–Crippen LogP) is 1.26. The minimum absolute atomic E-state index is 0.507. The molecule has 3 nitrogen and oxygen atoms in total. The van der Waals surface area contributed by atoms with Crippen LogP contribution in [0.2, 0.25) is 0 Å². The van der Waals surface area contributed by atoms with Crippen molar-refractivity contribution in [2.24, 2.45) is 0 Å². The third kappa shape index (κ3) is 3.78. The Bertz CT molecular complexity index is 188. The van der Waals surface area contributed by atoms with Crippen LogP contribution in [0.1, 0.15) is 13.8 Å². The van der Waals surface area contributed by atoms with Crippen molar-refractivity contribution in [3.8, 4) is 0 Å². The second-order valence-corrected chi connectivity index (χ2v) is 2.44. The normalized spacial score (nSPS) is 15.9. The zero-order valence-electron chi connectivity index (χ0n) is 6.33. The van der Waals surface area contributed by atoms with Crippen LogP contribution in [-0.4, -0.2) is 17.9 Å². The van der Waals surface area contributed by atoms with Gasteiger partial charge < -0.3 is 4.74 Å². The van der Waals surface area contributed by atoms with E-state index in [4.69, 9.17) is 11.6 Å². The Morgan fingerprint density at radius 2 is 2.18 bits per heavy atom. The lowest BCUT2D eigenvalue weighted by Crippen LogP contribution is -2.29. The summed E-state index contributed by atoms with van der Waals surface area (Å²) in [5, 5.41) is 0.